The van der Waals surface area contributed by atoms with E-state index in [0.29, 0.717) is 24.2 Å². The molecule has 1 aromatic heterocycles. The van der Waals surface area contributed by atoms with Crippen molar-refractivity contribution in [3.05, 3.63) is 76.4 Å². The minimum absolute atomic E-state index is 0.0106. The predicted octanol–water partition coefficient (Wildman–Crippen LogP) is 3.74. The number of thiophene rings is 1. The van der Waals surface area contributed by atoms with Crippen LogP contribution in [0.5, 0.6) is 0 Å². The van der Waals surface area contributed by atoms with Crippen molar-refractivity contribution in [1.82, 2.24) is 4.31 Å². The second kappa shape index (κ2) is 7.77. The molecule has 6 nitrogen and oxygen atoms in total. The van der Waals surface area contributed by atoms with Gasteiger partial charge in [-0.1, -0.05) is 12.1 Å². The number of nitrogens with zero attached hydrogens (tertiary/aromatic N) is 1. The summed E-state index contributed by atoms with van der Waals surface area (Å²) in [6.45, 7) is 2.06. The molecule has 0 unspecified atom stereocenters. The number of nitrogens with one attached hydrogen (secondary N) is 1. The molecule has 0 spiro atoms. The summed E-state index contributed by atoms with van der Waals surface area (Å²) in [5.74, 6) is -0.507. The van der Waals surface area contributed by atoms with Gasteiger partial charge in [-0.2, -0.15) is 4.31 Å². The third kappa shape index (κ3) is 4.00. The zero-order valence-electron chi connectivity index (χ0n) is 16.0. The Labute approximate surface area is 179 Å². The van der Waals surface area contributed by atoms with Gasteiger partial charge in [-0.3, -0.25) is 4.72 Å². The number of rotatable bonds is 5. The largest absolute Gasteiger partial charge is 0.280 e. The molecule has 2 heterocycles. The van der Waals surface area contributed by atoms with Gasteiger partial charge in [0.2, 0.25) is 0 Å². The average molecular weight is 467 g/mol. The van der Waals surface area contributed by atoms with Gasteiger partial charge < -0.3 is 0 Å². The van der Waals surface area contributed by atoms with E-state index in [2.05, 4.69) is 4.72 Å². The molecule has 0 bridgehead atoms. The van der Waals surface area contributed by atoms with Crippen molar-refractivity contribution in [1.29, 1.82) is 0 Å². The quantitative estimate of drug-likeness (QED) is 0.621. The van der Waals surface area contributed by atoms with Gasteiger partial charge in [0.25, 0.3) is 20.0 Å². The highest BCUT2D eigenvalue weighted by molar-refractivity contribution is 7.92. The molecule has 0 aliphatic carbocycles. The molecule has 0 fully saturated rings. The van der Waals surface area contributed by atoms with Crippen LogP contribution in [0.15, 0.2) is 63.0 Å². The standard InChI is InChI=1S/C20H19FN2O4S3/c1-14-11-17(21)5-7-19(14)29(24,25)22-18-6-4-15-8-9-23(13-16(15)12-18)30(26,27)20-3-2-10-28-20/h2-7,10-12,22H,8-9,13H2,1H3. The molecule has 1 N–H and O–H groups in total. The lowest BCUT2D eigenvalue weighted by Crippen LogP contribution is -2.35. The first-order chi connectivity index (χ1) is 14.2. The summed E-state index contributed by atoms with van der Waals surface area (Å²) >= 11 is 1.17. The highest BCUT2D eigenvalue weighted by Crippen LogP contribution is 2.29. The van der Waals surface area contributed by atoms with Crippen LogP contribution < -0.4 is 4.72 Å². The lowest BCUT2D eigenvalue weighted by molar-refractivity contribution is 0.392. The number of fused-ring (bicyclic) bond motifs is 1. The van der Waals surface area contributed by atoms with Gasteiger partial charge in [-0.05, 0) is 71.8 Å². The zero-order valence-corrected chi connectivity index (χ0v) is 18.4. The third-order valence-electron chi connectivity index (χ3n) is 4.95. The molecule has 0 atom stereocenters. The Morgan fingerprint density at radius 2 is 1.83 bits per heavy atom. The smallest absolute Gasteiger partial charge is 0.262 e. The van der Waals surface area contributed by atoms with Crippen LogP contribution in [0.4, 0.5) is 10.1 Å². The maximum absolute atomic E-state index is 13.3. The number of benzene rings is 2. The van der Waals surface area contributed by atoms with Gasteiger partial charge in [0.05, 0.1) is 4.90 Å². The van der Waals surface area contributed by atoms with Gasteiger partial charge in [-0.15, -0.1) is 11.3 Å². The van der Waals surface area contributed by atoms with E-state index in [1.54, 1.807) is 35.7 Å². The summed E-state index contributed by atoms with van der Waals surface area (Å²) in [6.07, 6.45) is 0.546. The number of aryl methyl sites for hydroxylation is 1. The van der Waals surface area contributed by atoms with E-state index in [1.807, 2.05) is 0 Å². The Balaban J connectivity index is 1.60. The van der Waals surface area contributed by atoms with Crippen LogP contribution >= 0.6 is 11.3 Å². The SMILES string of the molecule is Cc1cc(F)ccc1S(=O)(=O)Nc1ccc2c(c1)CN(S(=O)(=O)c1cccs1)CC2. The average Bonchev–Trinajstić information content (AvgIpc) is 3.22. The summed E-state index contributed by atoms with van der Waals surface area (Å²) in [5, 5.41) is 1.72. The highest BCUT2D eigenvalue weighted by atomic mass is 32.2. The Morgan fingerprint density at radius 3 is 2.53 bits per heavy atom. The van der Waals surface area contributed by atoms with E-state index in [1.165, 1.54) is 28.6 Å². The Morgan fingerprint density at radius 1 is 1.03 bits per heavy atom. The first-order valence-corrected chi connectivity index (χ1v) is 12.9. The zero-order chi connectivity index (χ0) is 21.5. The monoisotopic (exact) mass is 466 g/mol. The van der Waals surface area contributed by atoms with Crippen molar-refractivity contribution in [2.45, 2.75) is 29.0 Å². The van der Waals surface area contributed by atoms with E-state index in [9.17, 15) is 21.2 Å². The first-order valence-electron chi connectivity index (χ1n) is 9.11. The molecular formula is C20H19FN2O4S3. The number of sulfonamides is 2. The normalized spacial score (nSPS) is 15.0. The number of hydrogen-bond acceptors (Lipinski definition) is 5. The number of hydrogen-bond donors (Lipinski definition) is 1. The second-order valence-corrected chi connectivity index (χ2v) is 11.8. The molecule has 0 saturated heterocycles. The molecule has 0 saturated carbocycles. The van der Waals surface area contributed by atoms with Crippen LogP contribution in [-0.4, -0.2) is 27.7 Å². The van der Waals surface area contributed by atoms with Crippen molar-refractivity contribution in [3.8, 4) is 0 Å². The number of halogens is 1. The topological polar surface area (TPSA) is 83.6 Å². The fraction of sp³-hybridized carbons (Fsp3) is 0.200. The molecule has 4 rings (SSSR count). The maximum atomic E-state index is 13.3. The lowest BCUT2D eigenvalue weighted by atomic mass is 10.0. The number of anilines is 1. The van der Waals surface area contributed by atoms with Crippen molar-refractivity contribution in [3.63, 3.8) is 0 Å². The van der Waals surface area contributed by atoms with Crippen LogP contribution in [0.2, 0.25) is 0 Å². The first kappa shape index (κ1) is 21.0. The summed E-state index contributed by atoms with van der Waals surface area (Å²) in [6, 6.07) is 11.9. The molecule has 1 aliphatic heterocycles. The minimum Gasteiger partial charge on any atom is -0.280 e. The van der Waals surface area contributed by atoms with Crippen molar-refractivity contribution in [2.75, 3.05) is 11.3 Å². The Kier molecular flexibility index (Phi) is 5.43. The van der Waals surface area contributed by atoms with Gasteiger partial charge >= 0.3 is 0 Å². The summed E-state index contributed by atoms with van der Waals surface area (Å²) in [7, 11) is -7.50. The van der Waals surface area contributed by atoms with Crippen LogP contribution in [0, 0.1) is 12.7 Å². The van der Waals surface area contributed by atoms with Crippen LogP contribution in [0.25, 0.3) is 0 Å². The molecule has 2 aromatic carbocycles. The van der Waals surface area contributed by atoms with E-state index in [0.717, 1.165) is 23.3 Å². The molecule has 1 aliphatic rings. The van der Waals surface area contributed by atoms with E-state index >= 15 is 0 Å². The lowest BCUT2D eigenvalue weighted by Gasteiger charge is -2.28. The Hall–Kier alpha value is -2.27. The molecule has 10 heteroatoms. The highest BCUT2D eigenvalue weighted by Gasteiger charge is 2.29. The molecule has 0 radical (unpaired) electrons. The molecule has 3 aromatic rings. The van der Waals surface area contributed by atoms with E-state index in [-0.39, 0.29) is 15.6 Å². The third-order valence-corrected chi connectivity index (χ3v) is 9.71. The van der Waals surface area contributed by atoms with E-state index in [4.69, 9.17) is 0 Å². The molecule has 30 heavy (non-hydrogen) atoms. The minimum atomic E-state index is -3.91. The molecule has 0 amide bonds. The summed E-state index contributed by atoms with van der Waals surface area (Å²) in [4.78, 5) is -0.0106. The van der Waals surface area contributed by atoms with Gasteiger partial charge in [-0.25, -0.2) is 21.2 Å². The molecular weight excluding hydrogens is 447 g/mol. The fourth-order valence-corrected chi connectivity index (χ4v) is 7.30. The fourth-order valence-electron chi connectivity index (χ4n) is 3.46. The second-order valence-electron chi connectivity index (χ2n) is 7.02. The summed E-state index contributed by atoms with van der Waals surface area (Å²) in [5.41, 5.74) is 2.35. The van der Waals surface area contributed by atoms with Crippen LogP contribution in [0.1, 0.15) is 16.7 Å². The Bertz CT molecular complexity index is 1300. The molecule has 158 valence electrons. The summed E-state index contributed by atoms with van der Waals surface area (Å²) < 4.78 is 68.6. The van der Waals surface area contributed by atoms with Crippen LogP contribution in [-0.2, 0) is 33.0 Å². The van der Waals surface area contributed by atoms with Gasteiger partial charge in [0, 0.05) is 18.8 Å². The van der Waals surface area contributed by atoms with Crippen LogP contribution in [0.3, 0.4) is 0 Å². The van der Waals surface area contributed by atoms with E-state index < -0.39 is 25.9 Å². The van der Waals surface area contributed by atoms with Crippen molar-refractivity contribution < 1.29 is 21.2 Å². The van der Waals surface area contributed by atoms with Gasteiger partial charge in [0.15, 0.2) is 0 Å². The van der Waals surface area contributed by atoms with Crippen molar-refractivity contribution >= 4 is 37.1 Å². The van der Waals surface area contributed by atoms with Crippen molar-refractivity contribution in [2.24, 2.45) is 0 Å². The predicted molar refractivity (Wildman–Crippen MR) is 114 cm³/mol. The maximum Gasteiger partial charge on any atom is 0.262 e. The van der Waals surface area contributed by atoms with Gasteiger partial charge in [0.1, 0.15) is 10.0 Å².